The van der Waals surface area contributed by atoms with Gasteiger partial charge in [0.05, 0.1) is 6.61 Å². The van der Waals surface area contributed by atoms with Gasteiger partial charge in [-0.25, -0.2) is 9.78 Å². The second-order valence-corrected chi connectivity index (χ2v) is 43.9. The highest BCUT2D eigenvalue weighted by Crippen LogP contribution is 2.37. The van der Waals surface area contributed by atoms with Crippen LogP contribution in [-0.4, -0.2) is 131 Å². The average Bonchev–Trinajstić information content (AvgIpc) is 3.25. The van der Waals surface area contributed by atoms with Crippen LogP contribution in [0.3, 0.4) is 0 Å². The molecule has 0 fully saturated rings. The molecule has 0 amide bonds. The first kappa shape index (κ1) is 61.2. The van der Waals surface area contributed by atoms with E-state index in [2.05, 4.69) is 39.3 Å². The normalized spacial score (nSPS) is 13.6. The van der Waals surface area contributed by atoms with Gasteiger partial charge in [-0.15, -0.1) is 0 Å². The lowest BCUT2D eigenvalue weighted by molar-refractivity contribution is -0.304. The van der Waals surface area contributed by atoms with Gasteiger partial charge in [-0.05, 0) is 95.1 Å². The van der Waals surface area contributed by atoms with Crippen LogP contribution in [0.2, 0.25) is 81.6 Å². The van der Waals surface area contributed by atoms with Crippen molar-refractivity contribution in [2.75, 3.05) is 70.6 Å². The van der Waals surface area contributed by atoms with Gasteiger partial charge in [0.1, 0.15) is 6.61 Å². The van der Waals surface area contributed by atoms with Crippen molar-refractivity contribution in [3.05, 3.63) is 35.9 Å². The molecule has 372 valence electrons. The second-order valence-electron chi connectivity index (χ2n) is 18.2. The van der Waals surface area contributed by atoms with E-state index in [1.54, 1.807) is 64.0 Å². The predicted molar refractivity (Wildman–Crippen MR) is 268 cm³/mol. The number of hydrogen-bond donors (Lipinski definition) is 0. The molecule has 1 aromatic carbocycles. The van der Waals surface area contributed by atoms with Gasteiger partial charge < -0.3 is 52.2 Å². The van der Waals surface area contributed by atoms with E-state index in [9.17, 15) is 0 Å². The van der Waals surface area contributed by atoms with Crippen LogP contribution in [0.4, 0.5) is 0 Å². The van der Waals surface area contributed by atoms with Gasteiger partial charge in [-0.3, -0.25) is 0 Å². The SMILES string of the molecule is CO[Si](CCC[Si](C)(C)O[Si](CCCCCCCCCCCOOCc1ccccc1)(O[Si](C)(C)CCC[Si](OC)(OC)OC)O[Si](C)(C)CCC[Si](OC)(OC)OC)(OC)OC. The Morgan fingerprint density at radius 3 is 0.952 bits per heavy atom. The minimum Gasteiger partial charge on any atom is -0.417 e. The summed E-state index contributed by atoms with van der Waals surface area (Å²) in [6, 6.07) is 15.8. The molecule has 21 heteroatoms. The first-order valence-corrected chi connectivity index (χ1v) is 40.3. The van der Waals surface area contributed by atoms with Gasteiger partial charge in [0.2, 0.25) is 0 Å². The van der Waals surface area contributed by atoms with Gasteiger partial charge in [-0.2, -0.15) is 0 Å². The summed E-state index contributed by atoms with van der Waals surface area (Å²) in [5, 5.41) is 0. The van der Waals surface area contributed by atoms with E-state index >= 15 is 0 Å². The third-order valence-corrected chi connectivity index (χ3v) is 36.2. The van der Waals surface area contributed by atoms with Gasteiger partial charge >= 0.3 is 35.2 Å². The molecule has 0 aliphatic rings. The van der Waals surface area contributed by atoms with Crippen molar-refractivity contribution in [1.29, 1.82) is 0 Å². The molecule has 0 aromatic heterocycles. The van der Waals surface area contributed by atoms with Crippen LogP contribution in [0.25, 0.3) is 0 Å². The van der Waals surface area contributed by atoms with Crippen LogP contribution in [0.5, 0.6) is 0 Å². The van der Waals surface area contributed by atoms with Gasteiger partial charge in [0.15, 0.2) is 25.0 Å². The maximum absolute atomic E-state index is 7.61. The van der Waals surface area contributed by atoms with Crippen molar-refractivity contribution in [1.82, 2.24) is 0 Å². The van der Waals surface area contributed by atoms with E-state index in [0.29, 0.717) is 13.2 Å². The lowest BCUT2D eigenvalue weighted by Gasteiger charge is -2.45. The zero-order valence-corrected chi connectivity index (χ0v) is 49.5. The predicted octanol–water partition coefficient (Wildman–Crippen LogP) is 11.1. The molecule has 0 atom stereocenters. The summed E-state index contributed by atoms with van der Waals surface area (Å²) in [6.45, 7) is 15.0. The summed E-state index contributed by atoms with van der Waals surface area (Å²) in [5.74, 6) is 0. The van der Waals surface area contributed by atoms with Crippen molar-refractivity contribution in [2.24, 2.45) is 0 Å². The number of rotatable bonds is 42. The Labute approximate surface area is 392 Å². The highest BCUT2D eigenvalue weighted by molar-refractivity contribution is 6.90. The van der Waals surface area contributed by atoms with Gasteiger partial charge in [-0.1, -0.05) is 75.3 Å². The Kier molecular flexibility index (Phi) is 31.2. The molecule has 0 radical (unpaired) electrons. The Bertz CT molecular complexity index is 1150. The second kappa shape index (κ2) is 32.1. The van der Waals surface area contributed by atoms with Crippen LogP contribution >= 0.6 is 0 Å². The minimum atomic E-state index is -3.27. The number of benzene rings is 1. The molecular formula is C42H92O14Si7. The molecule has 0 saturated heterocycles. The van der Waals surface area contributed by atoms with Gasteiger partial charge in [0.25, 0.3) is 0 Å². The molecule has 63 heavy (non-hydrogen) atoms. The minimum absolute atomic E-state index is 0.482. The van der Waals surface area contributed by atoms with E-state index in [1.165, 1.54) is 32.1 Å². The monoisotopic (exact) mass is 1020 g/mol. The largest absolute Gasteiger partial charge is 0.500 e. The molecule has 0 unspecified atom stereocenters. The van der Waals surface area contributed by atoms with Crippen LogP contribution in [-0.2, 0) is 68.6 Å². The van der Waals surface area contributed by atoms with Crippen LogP contribution in [0, 0.1) is 0 Å². The van der Waals surface area contributed by atoms with Crippen LogP contribution < -0.4 is 0 Å². The molecule has 14 nitrogen and oxygen atoms in total. The lowest BCUT2D eigenvalue weighted by atomic mass is 10.1. The Morgan fingerprint density at radius 2 is 0.619 bits per heavy atom. The molecule has 1 rings (SSSR count). The van der Waals surface area contributed by atoms with E-state index in [1.807, 2.05) is 30.3 Å². The molecule has 0 spiro atoms. The zero-order chi connectivity index (χ0) is 47.4. The summed E-state index contributed by atoms with van der Waals surface area (Å²) in [7, 11) is -3.47. The van der Waals surface area contributed by atoms with Crippen LogP contribution in [0.1, 0.15) is 82.6 Å². The fourth-order valence-electron chi connectivity index (χ4n) is 7.97. The van der Waals surface area contributed by atoms with Crippen molar-refractivity contribution in [3.8, 4) is 0 Å². The molecule has 0 aliphatic carbocycles. The topological polar surface area (TPSA) is 129 Å². The highest BCUT2D eigenvalue weighted by atomic mass is 28.5. The Hall–Kier alpha value is 0.178. The molecule has 1 aromatic rings. The van der Waals surface area contributed by atoms with E-state index in [0.717, 1.165) is 92.8 Å². The smallest absolute Gasteiger partial charge is 0.417 e. The third-order valence-electron chi connectivity index (χ3n) is 11.7. The molecule has 0 heterocycles. The standard InChI is InChI=1S/C42H92O14Si7/c1-43-60(44-2,45-3)38-28-34-57(10,11)54-63(55-58(12,13)35-29-39-61(46-4,47-5)48-6,56-59(14,15)36-30-40-62(49-7,50-8)51-9)37-27-22-20-18-16-17-19-21-26-33-52-53-41-42-31-24-23-25-32-42/h23-25,31-32H,16-22,26-30,33-41H2,1-15H3. The first-order valence-electron chi connectivity index (χ1n) is 23.2. The van der Waals surface area contributed by atoms with Crippen LogP contribution in [0.15, 0.2) is 30.3 Å². The Balaban J connectivity index is 3.17. The summed E-state index contributed by atoms with van der Waals surface area (Å²) in [6.07, 6.45) is 13.0. The van der Waals surface area contributed by atoms with Crippen molar-refractivity contribution in [3.63, 3.8) is 0 Å². The highest BCUT2D eigenvalue weighted by Gasteiger charge is 2.53. The summed E-state index contributed by atoms with van der Waals surface area (Å²) in [5.41, 5.74) is 1.12. The molecule has 0 N–H and O–H groups in total. The lowest BCUT2D eigenvalue weighted by Crippen LogP contribution is -2.62. The molecule has 0 aliphatic heterocycles. The maximum Gasteiger partial charge on any atom is 0.500 e. The van der Waals surface area contributed by atoms with E-state index in [4.69, 9.17) is 62.0 Å². The third kappa shape index (κ3) is 24.9. The average molecular weight is 1020 g/mol. The van der Waals surface area contributed by atoms with Crippen molar-refractivity contribution >= 4 is 60.2 Å². The fourth-order valence-corrected chi connectivity index (χ4v) is 32.1. The van der Waals surface area contributed by atoms with Crippen molar-refractivity contribution in [2.45, 2.75) is 165 Å². The van der Waals surface area contributed by atoms with E-state index in [-0.39, 0.29) is 0 Å². The van der Waals surface area contributed by atoms with Gasteiger partial charge in [0, 0.05) is 88.2 Å². The number of unbranched alkanes of at least 4 members (excludes halogenated alkanes) is 8. The number of hydrogen-bond acceptors (Lipinski definition) is 14. The Morgan fingerprint density at radius 1 is 0.317 bits per heavy atom. The molecule has 0 bridgehead atoms. The van der Waals surface area contributed by atoms with E-state index < -0.39 is 60.2 Å². The summed E-state index contributed by atoms with van der Waals surface area (Å²) < 4.78 is 74.9. The fraction of sp³-hybridized carbons (Fsp3) is 0.857. The molecule has 0 saturated carbocycles. The van der Waals surface area contributed by atoms with Crippen molar-refractivity contribution < 1.29 is 62.0 Å². The summed E-state index contributed by atoms with van der Waals surface area (Å²) >= 11 is 0. The first-order chi connectivity index (χ1) is 29.9. The zero-order valence-electron chi connectivity index (χ0n) is 42.5. The summed E-state index contributed by atoms with van der Waals surface area (Å²) in [4.78, 5) is 10.8. The molecular weight excluding hydrogens is 925 g/mol. The quantitative estimate of drug-likeness (QED) is 0.0267. The maximum atomic E-state index is 7.61.